The van der Waals surface area contributed by atoms with E-state index in [1.54, 1.807) is 0 Å². The minimum Gasteiger partial charge on any atom is -0.409 e. The molecule has 0 spiro atoms. The van der Waals surface area contributed by atoms with Gasteiger partial charge in [-0.15, -0.1) is 0 Å². The van der Waals surface area contributed by atoms with E-state index in [4.69, 9.17) is 10.9 Å². The normalized spacial score (nSPS) is 23.2. The number of amidine groups is 1. The average molecular weight is 240 g/mol. The molecule has 6 nitrogen and oxygen atoms in total. The van der Waals surface area contributed by atoms with Crippen LogP contribution in [0.25, 0.3) is 0 Å². The molecule has 2 rings (SSSR count). The average Bonchev–Trinajstić information content (AvgIpc) is 2.91. The van der Waals surface area contributed by atoms with Crippen LogP contribution in [0.2, 0.25) is 0 Å². The summed E-state index contributed by atoms with van der Waals surface area (Å²) in [6, 6.07) is 0.153. The number of carbonyl (C=O) groups is 1. The number of hydrogen-bond donors (Lipinski definition) is 2. The van der Waals surface area contributed by atoms with Crippen molar-refractivity contribution in [3.63, 3.8) is 0 Å². The third kappa shape index (κ3) is 2.62. The van der Waals surface area contributed by atoms with E-state index < -0.39 is 0 Å². The van der Waals surface area contributed by atoms with Crippen molar-refractivity contribution in [1.82, 2.24) is 9.80 Å². The van der Waals surface area contributed by atoms with Gasteiger partial charge in [-0.3, -0.25) is 0 Å². The Kier molecular flexibility index (Phi) is 3.71. The Bertz CT molecular complexity index is 305. The Labute approximate surface area is 101 Å². The van der Waals surface area contributed by atoms with Crippen LogP contribution in [0, 0.1) is 5.92 Å². The summed E-state index contributed by atoms with van der Waals surface area (Å²) in [5.41, 5.74) is 5.58. The number of urea groups is 1. The molecule has 17 heavy (non-hydrogen) atoms. The fraction of sp³-hybridized carbons (Fsp3) is 0.818. The predicted octanol–water partition coefficient (Wildman–Crippen LogP) is 0.661. The highest BCUT2D eigenvalue weighted by molar-refractivity contribution is 5.82. The molecular formula is C11H20N4O2. The molecule has 2 amide bonds. The van der Waals surface area contributed by atoms with Gasteiger partial charge in [-0.25, -0.2) is 4.79 Å². The van der Waals surface area contributed by atoms with Crippen molar-refractivity contribution in [2.45, 2.75) is 25.7 Å². The highest BCUT2D eigenvalue weighted by Crippen LogP contribution is 2.19. The van der Waals surface area contributed by atoms with E-state index in [0.29, 0.717) is 18.9 Å². The Morgan fingerprint density at radius 1 is 1.12 bits per heavy atom. The van der Waals surface area contributed by atoms with Crippen LogP contribution in [-0.4, -0.2) is 53.1 Å². The molecule has 2 aliphatic heterocycles. The van der Waals surface area contributed by atoms with Crippen molar-refractivity contribution >= 4 is 11.9 Å². The first-order valence-corrected chi connectivity index (χ1v) is 6.23. The molecule has 3 N–H and O–H groups in total. The second-order valence-corrected chi connectivity index (χ2v) is 4.76. The molecule has 0 saturated carbocycles. The van der Waals surface area contributed by atoms with Crippen molar-refractivity contribution in [1.29, 1.82) is 0 Å². The minimum atomic E-state index is 0.114. The van der Waals surface area contributed by atoms with Crippen LogP contribution in [0.4, 0.5) is 4.79 Å². The van der Waals surface area contributed by atoms with Crippen LogP contribution in [0.5, 0.6) is 0 Å². The van der Waals surface area contributed by atoms with Crippen LogP contribution in [-0.2, 0) is 0 Å². The molecule has 2 aliphatic rings. The first-order chi connectivity index (χ1) is 8.22. The maximum atomic E-state index is 12.1. The highest BCUT2D eigenvalue weighted by Gasteiger charge is 2.28. The number of rotatable bonds is 1. The topological polar surface area (TPSA) is 82.2 Å². The van der Waals surface area contributed by atoms with Gasteiger partial charge in [0.25, 0.3) is 0 Å². The quantitative estimate of drug-likeness (QED) is 0.306. The summed E-state index contributed by atoms with van der Waals surface area (Å²) in [6.45, 7) is 3.18. The van der Waals surface area contributed by atoms with E-state index >= 15 is 0 Å². The fourth-order valence-electron chi connectivity index (χ4n) is 2.56. The van der Waals surface area contributed by atoms with Gasteiger partial charge in [-0.2, -0.15) is 0 Å². The summed E-state index contributed by atoms with van der Waals surface area (Å²) >= 11 is 0. The van der Waals surface area contributed by atoms with Gasteiger partial charge in [0.1, 0.15) is 5.84 Å². The summed E-state index contributed by atoms with van der Waals surface area (Å²) in [5, 5.41) is 11.6. The van der Waals surface area contributed by atoms with Gasteiger partial charge < -0.3 is 20.7 Å². The molecular weight excluding hydrogens is 220 g/mol. The molecule has 6 heteroatoms. The number of piperidine rings is 1. The predicted molar refractivity (Wildman–Crippen MR) is 63.9 cm³/mol. The maximum Gasteiger partial charge on any atom is 0.319 e. The van der Waals surface area contributed by atoms with Crippen LogP contribution < -0.4 is 5.73 Å². The third-order valence-corrected chi connectivity index (χ3v) is 3.68. The lowest BCUT2D eigenvalue weighted by molar-refractivity contribution is 0.147. The zero-order valence-corrected chi connectivity index (χ0v) is 10.0. The van der Waals surface area contributed by atoms with Crippen LogP contribution in [0.15, 0.2) is 5.16 Å². The molecule has 2 heterocycles. The summed E-state index contributed by atoms with van der Waals surface area (Å²) in [6.07, 6.45) is 3.81. The zero-order chi connectivity index (χ0) is 12.3. The lowest BCUT2D eigenvalue weighted by Gasteiger charge is -2.34. The lowest BCUT2D eigenvalue weighted by Crippen LogP contribution is -2.47. The number of nitrogens with two attached hydrogens (primary N) is 1. The molecule has 0 radical (unpaired) electrons. The number of oxime groups is 1. The molecule has 0 bridgehead atoms. The molecule has 2 fully saturated rings. The van der Waals surface area contributed by atoms with E-state index in [-0.39, 0.29) is 11.9 Å². The first-order valence-electron chi connectivity index (χ1n) is 6.23. The first kappa shape index (κ1) is 12.0. The fourth-order valence-corrected chi connectivity index (χ4v) is 2.56. The van der Waals surface area contributed by atoms with E-state index in [9.17, 15) is 4.79 Å². The standard InChI is InChI=1S/C11H20N4O2/c12-10(13-17)9-3-7-15(8-4-9)11(16)14-5-1-2-6-14/h9,17H,1-8H2,(H2,12,13). The number of carbonyl (C=O) groups excluding carboxylic acids is 1. The smallest absolute Gasteiger partial charge is 0.319 e. The van der Waals surface area contributed by atoms with E-state index in [1.807, 2.05) is 9.80 Å². The summed E-state index contributed by atoms with van der Waals surface area (Å²) in [4.78, 5) is 15.9. The number of nitrogens with zero attached hydrogens (tertiary/aromatic N) is 3. The molecule has 0 unspecified atom stereocenters. The van der Waals surface area contributed by atoms with Crippen LogP contribution in [0.1, 0.15) is 25.7 Å². The molecule has 0 aromatic heterocycles. The summed E-state index contributed by atoms with van der Waals surface area (Å²) in [7, 11) is 0. The third-order valence-electron chi connectivity index (χ3n) is 3.68. The van der Waals surface area contributed by atoms with Crippen LogP contribution in [0.3, 0.4) is 0 Å². The molecule has 0 atom stereocenters. The van der Waals surface area contributed by atoms with Gasteiger partial charge >= 0.3 is 6.03 Å². The second-order valence-electron chi connectivity index (χ2n) is 4.76. The van der Waals surface area contributed by atoms with Crippen molar-refractivity contribution in [3.8, 4) is 0 Å². The Morgan fingerprint density at radius 2 is 1.65 bits per heavy atom. The van der Waals surface area contributed by atoms with Gasteiger partial charge in [0, 0.05) is 32.1 Å². The Hall–Kier alpha value is -1.46. The lowest BCUT2D eigenvalue weighted by atomic mass is 9.96. The molecule has 2 saturated heterocycles. The van der Waals surface area contributed by atoms with Crippen molar-refractivity contribution in [2.75, 3.05) is 26.2 Å². The molecule has 0 aliphatic carbocycles. The van der Waals surface area contributed by atoms with Crippen molar-refractivity contribution in [2.24, 2.45) is 16.8 Å². The van der Waals surface area contributed by atoms with Gasteiger partial charge in [0.2, 0.25) is 0 Å². The van der Waals surface area contributed by atoms with Gasteiger partial charge in [0.05, 0.1) is 0 Å². The van der Waals surface area contributed by atoms with Crippen molar-refractivity contribution < 1.29 is 10.0 Å². The molecule has 0 aromatic rings. The summed E-state index contributed by atoms with van der Waals surface area (Å²) in [5.74, 6) is 0.404. The SMILES string of the molecule is NC(=NO)C1CCN(C(=O)N2CCCC2)CC1. The Balaban J connectivity index is 1.84. The number of amides is 2. The van der Waals surface area contributed by atoms with E-state index in [2.05, 4.69) is 5.16 Å². The molecule has 96 valence electrons. The number of hydrogen-bond acceptors (Lipinski definition) is 3. The highest BCUT2D eigenvalue weighted by atomic mass is 16.4. The maximum absolute atomic E-state index is 12.1. The van der Waals surface area contributed by atoms with E-state index in [1.165, 1.54) is 0 Å². The second kappa shape index (κ2) is 5.25. The number of likely N-dealkylation sites (tertiary alicyclic amines) is 2. The molecule has 0 aromatic carbocycles. The van der Waals surface area contributed by atoms with Gasteiger partial charge in [-0.05, 0) is 25.7 Å². The van der Waals surface area contributed by atoms with Gasteiger partial charge in [0.15, 0.2) is 0 Å². The van der Waals surface area contributed by atoms with Crippen molar-refractivity contribution in [3.05, 3.63) is 0 Å². The zero-order valence-electron chi connectivity index (χ0n) is 10.0. The monoisotopic (exact) mass is 240 g/mol. The minimum absolute atomic E-state index is 0.114. The van der Waals surface area contributed by atoms with Gasteiger partial charge in [-0.1, -0.05) is 5.16 Å². The van der Waals surface area contributed by atoms with Crippen LogP contribution >= 0.6 is 0 Å². The summed E-state index contributed by atoms with van der Waals surface area (Å²) < 4.78 is 0. The Morgan fingerprint density at radius 3 is 2.18 bits per heavy atom. The largest absolute Gasteiger partial charge is 0.409 e. The van der Waals surface area contributed by atoms with E-state index in [0.717, 1.165) is 38.8 Å².